The van der Waals surface area contributed by atoms with Gasteiger partial charge < -0.3 is 19.2 Å². The lowest BCUT2D eigenvalue weighted by Gasteiger charge is -2.18. The second-order valence-corrected chi connectivity index (χ2v) is 7.88. The highest BCUT2D eigenvalue weighted by Gasteiger charge is 2.33. The van der Waals surface area contributed by atoms with E-state index in [9.17, 15) is 4.79 Å². The first kappa shape index (κ1) is 20.2. The third-order valence-electron chi connectivity index (χ3n) is 4.62. The molecule has 3 heterocycles. The first-order valence-electron chi connectivity index (χ1n) is 9.13. The number of halogens is 2. The second kappa shape index (κ2) is 8.75. The number of furan rings is 1. The molecule has 1 amide bonds. The number of nitrogens with zero attached hydrogens (tertiary/aromatic N) is 1. The number of ether oxygens (including phenoxy) is 2. The van der Waals surface area contributed by atoms with E-state index < -0.39 is 0 Å². The zero-order valence-electron chi connectivity index (χ0n) is 15.3. The number of benzene rings is 1. The normalized spacial score (nSPS) is 20.6. The summed E-state index contributed by atoms with van der Waals surface area (Å²) in [4.78, 5) is 14.2. The van der Waals surface area contributed by atoms with Crippen molar-refractivity contribution in [2.75, 3.05) is 13.2 Å². The average Bonchev–Trinajstić information content (AvgIpc) is 3.41. The van der Waals surface area contributed by atoms with E-state index in [1.54, 1.807) is 36.4 Å². The molecule has 1 aromatic heterocycles. The molecule has 1 unspecified atom stereocenters. The highest BCUT2D eigenvalue weighted by molar-refractivity contribution is 7.80. The Kier molecular flexibility index (Phi) is 6.10. The zero-order valence-corrected chi connectivity index (χ0v) is 17.6. The Hall–Kier alpha value is -2.06. The Morgan fingerprint density at radius 2 is 2.07 bits per heavy atom. The van der Waals surface area contributed by atoms with Crippen LogP contribution in [-0.4, -0.2) is 35.2 Å². The summed E-state index contributed by atoms with van der Waals surface area (Å²) < 4.78 is 17.0. The third-order valence-corrected chi connectivity index (χ3v) is 5.54. The van der Waals surface area contributed by atoms with Gasteiger partial charge >= 0.3 is 0 Å². The van der Waals surface area contributed by atoms with Crippen LogP contribution in [0.1, 0.15) is 24.4 Å². The molecule has 0 spiro atoms. The van der Waals surface area contributed by atoms with E-state index in [-0.39, 0.29) is 18.6 Å². The van der Waals surface area contributed by atoms with Crippen molar-refractivity contribution >= 4 is 52.5 Å². The number of rotatable bonds is 6. The highest BCUT2D eigenvalue weighted by Crippen LogP contribution is 2.33. The lowest BCUT2D eigenvalue weighted by molar-refractivity contribution is -0.123. The van der Waals surface area contributed by atoms with Crippen molar-refractivity contribution in [1.29, 1.82) is 0 Å². The summed E-state index contributed by atoms with van der Waals surface area (Å²) in [5, 5.41) is 4.17. The van der Waals surface area contributed by atoms with Crippen LogP contribution in [0.3, 0.4) is 0 Å². The highest BCUT2D eigenvalue weighted by atomic mass is 35.5. The lowest BCUT2D eigenvalue weighted by Crippen LogP contribution is -2.37. The molecular weight excluding hydrogens is 435 g/mol. The van der Waals surface area contributed by atoms with Crippen LogP contribution in [0.15, 0.2) is 40.4 Å². The molecule has 2 aliphatic rings. The molecule has 0 radical (unpaired) electrons. The Morgan fingerprint density at radius 3 is 2.79 bits per heavy atom. The van der Waals surface area contributed by atoms with Gasteiger partial charge in [0, 0.05) is 12.7 Å². The largest absolute Gasteiger partial charge is 0.483 e. The van der Waals surface area contributed by atoms with Crippen molar-refractivity contribution in [2.24, 2.45) is 0 Å². The van der Waals surface area contributed by atoms with Gasteiger partial charge in [-0.15, -0.1) is 0 Å². The second-order valence-electron chi connectivity index (χ2n) is 6.68. The minimum Gasteiger partial charge on any atom is -0.483 e. The van der Waals surface area contributed by atoms with Crippen molar-refractivity contribution in [3.05, 3.63) is 57.6 Å². The SMILES string of the molecule is O=C1/C(=C\c2ccc(COc3c(Cl)cccc3Cl)o2)NC(=S)N1CC1CCCO1. The van der Waals surface area contributed by atoms with Crippen LogP contribution in [0, 0.1) is 0 Å². The maximum absolute atomic E-state index is 12.7. The van der Waals surface area contributed by atoms with Crippen LogP contribution >= 0.6 is 35.4 Å². The predicted molar refractivity (Wildman–Crippen MR) is 114 cm³/mol. The van der Waals surface area contributed by atoms with Crippen molar-refractivity contribution in [1.82, 2.24) is 10.2 Å². The zero-order chi connectivity index (χ0) is 20.4. The van der Waals surface area contributed by atoms with Crippen LogP contribution in [0.4, 0.5) is 0 Å². The maximum atomic E-state index is 12.7. The smallest absolute Gasteiger partial charge is 0.276 e. The average molecular weight is 453 g/mol. The van der Waals surface area contributed by atoms with Crippen molar-refractivity contribution < 1.29 is 18.7 Å². The number of para-hydroxylation sites is 1. The molecule has 1 aromatic carbocycles. The van der Waals surface area contributed by atoms with Crippen LogP contribution in [0.5, 0.6) is 5.75 Å². The molecule has 6 nitrogen and oxygen atoms in total. The monoisotopic (exact) mass is 452 g/mol. The molecule has 4 rings (SSSR count). The summed E-state index contributed by atoms with van der Waals surface area (Å²) in [6.45, 7) is 1.33. The van der Waals surface area contributed by atoms with E-state index in [4.69, 9.17) is 49.3 Å². The summed E-state index contributed by atoms with van der Waals surface area (Å²) in [7, 11) is 0. The fraction of sp³-hybridized carbons (Fsp3) is 0.300. The van der Waals surface area contributed by atoms with Crippen molar-refractivity contribution in [2.45, 2.75) is 25.6 Å². The van der Waals surface area contributed by atoms with Gasteiger partial charge in [-0.2, -0.15) is 0 Å². The first-order chi connectivity index (χ1) is 14.0. The molecule has 0 aliphatic carbocycles. The first-order valence-corrected chi connectivity index (χ1v) is 10.3. The number of thiocarbonyl (C=S) groups is 1. The minimum atomic E-state index is -0.192. The number of amides is 1. The molecular formula is C20H18Cl2N2O4S. The summed E-state index contributed by atoms with van der Waals surface area (Å²) in [5.74, 6) is 1.28. The fourth-order valence-corrected chi connectivity index (χ4v) is 3.96. The van der Waals surface area contributed by atoms with Crippen LogP contribution in [0.25, 0.3) is 6.08 Å². The number of carbonyl (C=O) groups is 1. The van der Waals surface area contributed by atoms with Gasteiger partial charge in [0.05, 0.1) is 22.7 Å². The standard InChI is InChI=1S/C20H18Cl2N2O4S/c21-15-4-1-5-16(22)18(15)27-11-14-7-6-12(28-14)9-17-19(25)24(20(29)23-17)10-13-3-2-8-26-13/h1,4-7,9,13H,2-3,8,10-11H2,(H,23,29)/b17-9+. The number of hydrogen-bond acceptors (Lipinski definition) is 5. The van der Waals surface area contributed by atoms with Gasteiger partial charge in [0.2, 0.25) is 0 Å². The van der Waals surface area contributed by atoms with E-state index in [1.165, 1.54) is 4.90 Å². The molecule has 2 aromatic rings. The van der Waals surface area contributed by atoms with Gasteiger partial charge in [-0.1, -0.05) is 29.3 Å². The third kappa shape index (κ3) is 4.59. The molecule has 29 heavy (non-hydrogen) atoms. The Bertz CT molecular complexity index is 949. The molecule has 9 heteroatoms. The number of carbonyl (C=O) groups excluding carboxylic acids is 1. The quantitative estimate of drug-likeness (QED) is 0.517. The Labute approximate surface area is 183 Å². The molecule has 2 aliphatic heterocycles. The van der Waals surface area contributed by atoms with Crippen LogP contribution < -0.4 is 10.1 Å². The van der Waals surface area contributed by atoms with Gasteiger partial charge in [0.25, 0.3) is 5.91 Å². The number of hydrogen-bond donors (Lipinski definition) is 1. The van der Waals surface area contributed by atoms with E-state index in [0.29, 0.717) is 44.7 Å². The van der Waals surface area contributed by atoms with Crippen molar-refractivity contribution in [3.8, 4) is 5.75 Å². The molecule has 0 saturated carbocycles. The van der Waals surface area contributed by atoms with Gasteiger partial charge in [-0.3, -0.25) is 9.69 Å². The minimum absolute atomic E-state index is 0.0297. The number of nitrogens with one attached hydrogen (secondary N) is 1. The topological polar surface area (TPSA) is 63.9 Å². The molecule has 2 fully saturated rings. The lowest BCUT2D eigenvalue weighted by atomic mass is 10.2. The van der Waals surface area contributed by atoms with Gasteiger partial charge in [-0.25, -0.2) is 0 Å². The van der Waals surface area contributed by atoms with E-state index in [1.807, 2.05) is 0 Å². The fourth-order valence-electron chi connectivity index (χ4n) is 3.19. The van der Waals surface area contributed by atoms with Crippen molar-refractivity contribution in [3.63, 3.8) is 0 Å². The Balaban J connectivity index is 1.41. The maximum Gasteiger partial charge on any atom is 0.276 e. The molecule has 0 bridgehead atoms. The van der Waals surface area contributed by atoms with Crippen LogP contribution in [-0.2, 0) is 16.1 Å². The van der Waals surface area contributed by atoms with Gasteiger partial charge in [0.15, 0.2) is 10.9 Å². The van der Waals surface area contributed by atoms with Crippen LogP contribution in [0.2, 0.25) is 10.0 Å². The molecule has 1 N–H and O–H groups in total. The summed E-state index contributed by atoms with van der Waals surface area (Å²) >= 11 is 17.5. The molecule has 2 saturated heterocycles. The Morgan fingerprint density at radius 1 is 1.28 bits per heavy atom. The molecule has 152 valence electrons. The van der Waals surface area contributed by atoms with Gasteiger partial charge in [0.1, 0.15) is 23.8 Å². The summed E-state index contributed by atoms with van der Waals surface area (Å²) in [6, 6.07) is 8.65. The van der Waals surface area contributed by atoms with E-state index in [0.717, 1.165) is 19.4 Å². The summed E-state index contributed by atoms with van der Waals surface area (Å²) in [6.07, 6.45) is 3.59. The summed E-state index contributed by atoms with van der Waals surface area (Å²) in [5.41, 5.74) is 0.365. The predicted octanol–water partition coefficient (Wildman–Crippen LogP) is 4.40. The van der Waals surface area contributed by atoms with E-state index in [2.05, 4.69) is 5.32 Å². The van der Waals surface area contributed by atoms with E-state index >= 15 is 0 Å². The van der Waals surface area contributed by atoms with Gasteiger partial charge in [-0.05, 0) is 49.3 Å². The molecule has 1 atom stereocenters.